The Morgan fingerprint density at radius 3 is 2.79 bits per heavy atom. The monoisotopic (exact) mass is 330 g/mol. The van der Waals surface area contributed by atoms with Crippen LogP contribution in [0.15, 0.2) is 30.9 Å². The predicted octanol–water partition coefficient (Wildman–Crippen LogP) is 2.61. The van der Waals surface area contributed by atoms with Crippen molar-refractivity contribution in [1.29, 1.82) is 0 Å². The summed E-state index contributed by atoms with van der Waals surface area (Å²) in [5.41, 5.74) is 2.05. The molecule has 0 aliphatic carbocycles. The lowest BCUT2D eigenvalue weighted by molar-refractivity contribution is -0.131. The van der Waals surface area contributed by atoms with Gasteiger partial charge in [-0.05, 0) is 49.6 Å². The van der Waals surface area contributed by atoms with Gasteiger partial charge in [-0.25, -0.2) is 0 Å². The standard InChI is InChI=1S/C19H26N2O3/c1-6-15(20-17(22)12-21(5)18(23)7-2)13-8-9-16-14(10-13)11-19(3,4)24-16/h7-10,15H,2,6,11-12H2,1,3-5H3,(H,20,22). The van der Waals surface area contributed by atoms with Crippen LogP contribution in [0.4, 0.5) is 0 Å². The van der Waals surface area contributed by atoms with Gasteiger partial charge in [0.2, 0.25) is 11.8 Å². The normalized spacial score (nSPS) is 15.8. The molecule has 130 valence electrons. The number of benzene rings is 1. The van der Waals surface area contributed by atoms with E-state index in [2.05, 4.69) is 31.8 Å². The number of fused-ring (bicyclic) bond motifs is 1. The second-order valence-corrected chi connectivity index (χ2v) is 6.83. The highest BCUT2D eigenvalue weighted by Gasteiger charge is 2.30. The molecule has 0 saturated heterocycles. The van der Waals surface area contributed by atoms with Crippen LogP contribution in [-0.2, 0) is 16.0 Å². The highest BCUT2D eigenvalue weighted by Crippen LogP contribution is 2.36. The van der Waals surface area contributed by atoms with E-state index in [1.54, 1.807) is 7.05 Å². The summed E-state index contributed by atoms with van der Waals surface area (Å²) in [5, 5.41) is 3.00. The highest BCUT2D eigenvalue weighted by molar-refractivity contribution is 5.90. The summed E-state index contributed by atoms with van der Waals surface area (Å²) in [4.78, 5) is 25.0. The first-order valence-corrected chi connectivity index (χ1v) is 8.24. The number of likely N-dealkylation sites (N-methyl/N-ethyl adjacent to an activating group) is 1. The number of carbonyl (C=O) groups is 2. The SMILES string of the molecule is C=CC(=O)N(C)CC(=O)NC(CC)c1ccc2c(c1)CC(C)(C)O2. The Kier molecular flexibility index (Phi) is 5.32. The molecule has 1 atom stereocenters. The number of nitrogens with zero attached hydrogens (tertiary/aromatic N) is 1. The number of amides is 2. The summed E-state index contributed by atoms with van der Waals surface area (Å²) in [5.74, 6) is 0.466. The van der Waals surface area contributed by atoms with Gasteiger partial charge in [0.05, 0.1) is 12.6 Å². The van der Waals surface area contributed by atoms with Gasteiger partial charge in [-0.1, -0.05) is 19.6 Å². The molecular formula is C19H26N2O3. The second kappa shape index (κ2) is 7.07. The molecule has 1 N–H and O–H groups in total. The van der Waals surface area contributed by atoms with Crippen molar-refractivity contribution in [3.8, 4) is 5.75 Å². The highest BCUT2D eigenvalue weighted by atomic mass is 16.5. The van der Waals surface area contributed by atoms with Crippen LogP contribution in [0.25, 0.3) is 0 Å². The molecule has 0 spiro atoms. The van der Waals surface area contributed by atoms with Crippen molar-refractivity contribution >= 4 is 11.8 Å². The Balaban J connectivity index is 2.06. The third-order valence-corrected chi connectivity index (χ3v) is 4.16. The number of ether oxygens (including phenoxy) is 1. The van der Waals surface area contributed by atoms with Crippen LogP contribution < -0.4 is 10.1 Å². The lowest BCUT2D eigenvalue weighted by atomic mass is 9.97. The summed E-state index contributed by atoms with van der Waals surface area (Å²) in [6.45, 7) is 9.60. The van der Waals surface area contributed by atoms with Gasteiger partial charge in [0.1, 0.15) is 11.4 Å². The summed E-state index contributed by atoms with van der Waals surface area (Å²) < 4.78 is 5.89. The molecule has 5 nitrogen and oxygen atoms in total. The Bertz CT molecular complexity index is 652. The van der Waals surface area contributed by atoms with Crippen molar-refractivity contribution in [2.75, 3.05) is 13.6 Å². The van der Waals surface area contributed by atoms with E-state index in [1.807, 2.05) is 19.1 Å². The van der Waals surface area contributed by atoms with Crippen molar-refractivity contribution in [2.24, 2.45) is 0 Å². The molecule has 2 rings (SSSR count). The van der Waals surface area contributed by atoms with Crippen molar-refractivity contribution in [3.05, 3.63) is 42.0 Å². The minimum absolute atomic E-state index is 0.0163. The summed E-state index contributed by atoms with van der Waals surface area (Å²) in [6, 6.07) is 5.99. The molecule has 0 aromatic heterocycles. The third kappa shape index (κ3) is 4.16. The number of hydrogen-bond acceptors (Lipinski definition) is 3. The largest absolute Gasteiger partial charge is 0.487 e. The molecule has 1 aliphatic heterocycles. The molecule has 0 radical (unpaired) electrons. The molecule has 0 saturated carbocycles. The van der Waals surface area contributed by atoms with Crippen LogP contribution >= 0.6 is 0 Å². The minimum atomic E-state index is -0.268. The average molecular weight is 330 g/mol. The first kappa shape index (κ1) is 18.0. The predicted molar refractivity (Wildman–Crippen MR) is 93.9 cm³/mol. The van der Waals surface area contributed by atoms with E-state index in [-0.39, 0.29) is 30.0 Å². The zero-order valence-electron chi connectivity index (χ0n) is 14.9. The maximum atomic E-state index is 12.2. The number of carbonyl (C=O) groups excluding carboxylic acids is 2. The zero-order chi connectivity index (χ0) is 17.9. The molecule has 1 aliphatic rings. The molecule has 1 aromatic rings. The first-order valence-electron chi connectivity index (χ1n) is 8.24. The Hall–Kier alpha value is -2.30. The van der Waals surface area contributed by atoms with Crippen molar-refractivity contribution in [3.63, 3.8) is 0 Å². The van der Waals surface area contributed by atoms with Crippen LogP contribution in [0.1, 0.15) is 44.4 Å². The Labute approximate surface area is 143 Å². The van der Waals surface area contributed by atoms with Crippen molar-refractivity contribution in [1.82, 2.24) is 10.2 Å². The summed E-state index contributed by atoms with van der Waals surface area (Å²) in [7, 11) is 1.58. The molecule has 1 heterocycles. The summed E-state index contributed by atoms with van der Waals surface area (Å²) >= 11 is 0. The van der Waals surface area contributed by atoms with Crippen molar-refractivity contribution in [2.45, 2.75) is 45.3 Å². The number of nitrogens with one attached hydrogen (secondary N) is 1. The quantitative estimate of drug-likeness (QED) is 0.816. The van der Waals surface area contributed by atoms with E-state index in [0.29, 0.717) is 0 Å². The Morgan fingerprint density at radius 2 is 2.17 bits per heavy atom. The van der Waals surface area contributed by atoms with E-state index in [1.165, 1.54) is 16.5 Å². The molecular weight excluding hydrogens is 304 g/mol. The van der Waals surface area contributed by atoms with E-state index in [4.69, 9.17) is 4.74 Å². The van der Waals surface area contributed by atoms with Crippen LogP contribution in [0.2, 0.25) is 0 Å². The van der Waals surface area contributed by atoms with Gasteiger partial charge in [0.25, 0.3) is 0 Å². The van der Waals surface area contributed by atoms with Gasteiger partial charge < -0.3 is 15.0 Å². The van der Waals surface area contributed by atoms with E-state index >= 15 is 0 Å². The van der Waals surface area contributed by atoms with Gasteiger partial charge in [0.15, 0.2) is 0 Å². The van der Waals surface area contributed by atoms with Gasteiger partial charge in [0, 0.05) is 13.5 Å². The molecule has 1 unspecified atom stereocenters. The fourth-order valence-corrected chi connectivity index (χ4v) is 2.96. The van der Waals surface area contributed by atoms with E-state index in [9.17, 15) is 9.59 Å². The topological polar surface area (TPSA) is 58.6 Å². The smallest absolute Gasteiger partial charge is 0.246 e. The first-order chi connectivity index (χ1) is 11.3. The van der Waals surface area contributed by atoms with Crippen LogP contribution in [0, 0.1) is 0 Å². The lowest BCUT2D eigenvalue weighted by Gasteiger charge is -2.21. The lowest BCUT2D eigenvalue weighted by Crippen LogP contribution is -2.39. The van der Waals surface area contributed by atoms with Gasteiger partial charge in [-0.15, -0.1) is 0 Å². The molecule has 2 amide bonds. The molecule has 0 fully saturated rings. The number of rotatable bonds is 6. The van der Waals surface area contributed by atoms with Gasteiger partial charge in [-0.2, -0.15) is 0 Å². The molecule has 5 heteroatoms. The molecule has 24 heavy (non-hydrogen) atoms. The number of hydrogen-bond donors (Lipinski definition) is 1. The van der Waals surface area contributed by atoms with E-state index < -0.39 is 0 Å². The van der Waals surface area contributed by atoms with Gasteiger partial charge >= 0.3 is 0 Å². The maximum absolute atomic E-state index is 12.2. The molecule has 1 aromatic carbocycles. The van der Waals surface area contributed by atoms with Crippen LogP contribution in [0.3, 0.4) is 0 Å². The second-order valence-electron chi connectivity index (χ2n) is 6.83. The van der Waals surface area contributed by atoms with Crippen molar-refractivity contribution < 1.29 is 14.3 Å². The fourth-order valence-electron chi connectivity index (χ4n) is 2.96. The Morgan fingerprint density at radius 1 is 1.46 bits per heavy atom. The third-order valence-electron chi connectivity index (χ3n) is 4.16. The van der Waals surface area contributed by atoms with Crippen LogP contribution in [-0.4, -0.2) is 35.9 Å². The minimum Gasteiger partial charge on any atom is -0.487 e. The fraction of sp³-hybridized carbons (Fsp3) is 0.474. The summed E-state index contributed by atoms with van der Waals surface area (Å²) in [6.07, 6.45) is 2.83. The van der Waals surface area contributed by atoms with E-state index in [0.717, 1.165) is 24.2 Å². The zero-order valence-corrected chi connectivity index (χ0v) is 14.9. The average Bonchev–Trinajstić information content (AvgIpc) is 2.84. The maximum Gasteiger partial charge on any atom is 0.246 e. The van der Waals surface area contributed by atoms with Gasteiger partial charge in [-0.3, -0.25) is 9.59 Å². The molecule has 0 bridgehead atoms. The van der Waals surface area contributed by atoms with Crippen LogP contribution in [0.5, 0.6) is 5.75 Å².